The fourth-order valence-corrected chi connectivity index (χ4v) is 2.46. The van der Waals surface area contributed by atoms with Gasteiger partial charge in [-0.2, -0.15) is 0 Å². The van der Waals surface area contributed by atoms with Crippen LogP contribution in [0.5, 0.6) is 0 Å². The molecule has 17 heavy (non-hydrogen) atoms. The molecule has 1 aliphatic rings. The van der Waals surface area contributed by atoms with Crippen molar-refractivity contribution in [1.82, 2.24) is 0 Å². The van der Waals surface area contributed by atoms with Gasteiger partial charge in [0.25, 0.3) is 0 Å². The topological polar surface area (TPSA) is 18.5 Å². The molecule has 0 saturated carbocycles. The summed E-state index contributed by atoms with van der Waals surface area (Å²) in [4.78, 5) is 0. The van der Waals surface area contributed by atoms with Crippen molar-refractivity contribution in [3.63, 3.8) is 0 Å². The zero-order chi connectivity index (χ0) is 12.3. The van der Waals surface area contributed by atoms with Gasteiger partial charge in [-0.15, -0.1) is 0 Å². The lowest BCUT2D eigenvalue weighted by Gasteiger charge is -2.33. The van der Waals surface area contributed by atoms with Crippen molar-refractivity contribution in [2.75, 3.05) is 6.61 Å². The van der Waals surface area contributed by atoms with E-state index in [1.165, 1.54) is 12.0 Å². The van der Waals surface area contributed by atoms with Crippen LogP contribution in [0.4, 0.5) is 0 Å². The van der Waals surface area contributed by atoms with Gasteiger partial charge in [-0.25, -0.2) is 0 Å². The Morgan fingerprint density at radius 1 is 1.35 bits per heavy atom. The van der Waals surface area contributed by atoms with Gasteiger partial charge in [0.05, 0.1) is 5.60 Å². The van der Waals surface area contributed by atoms with E-state index in [9.17, 15) is 0 Å². The zero-order valence-electron chi connectivity index (χ0n) is 10.4. The first-order valence-electron chi connectivity index (χ1n) is 6.13. The van der Waals surface area contributed by atoms with Crippen LogP contribution in [0.25, 0.3) is 0 Å². The van der Waals surface area contributed by atoms with Gasteiger partial charge in [0.1, 0.15) is 0 Å². The lowest BCUT2D eigenvalue weighted by Crippen LogP contribution is -2.32. The molecule has 0 radical (unpaired) electrons. The minimum atomic E-state index is -0.314. The largest absolute Gasteiger partial charge is 0.353 e. The molecule has 2 rings (SSSR count). The molecule has 0 amide bonds. The lowest BCUT2D eigenvalue weighted by molar-refractivity contribution is -0.219. The third-order valence-electron chi connectivity index (χ3n) is 3.08. The number of halogens is 1. The van der Waals surface area contributed by atoms with Crippen LogP contribution >= 0.6 is 15.9 Å². The zero-order valence-corrected chi connectivity index (χ0v) is 12.0. The first-order valence-corrected chi connectivity index (χ1v) is 6.93. The molecule has 0 bridgehead atoms. The van der Waals surface area contributed by atoms with Crippen molar-refractivity contribution < 1.29 is 9.47 Å². The maximum atomic E-state index is 6.08. The summed E-state index contributed by atoms with van der Waals surface area (Å²) < 4.78 is 12.8. The van der Waals surface area contributed by atoms with E-state index in [4.69, 9.17) is 9.47 Å². The molecule has 0 aromatic heterocycles. The molecule has 1 saturated heterocycles. The SMILES string of the molecule is CC(C)(OC1CCCCO1)c1cccc(Br)c1. The second kappa shape index (κ2) is 5.51. The highest BCUT2D eigenvalue weighted by Crippen LogP contribution is 2.30. The van der Waals surface area contributed by atoms with Crippen molar-refractivity contribution in [2.45, 2.75) is 45.0 Å². The van der Waals surface area contributed by atoms with Crippen LogP contribution in [0.1, 0.15) is 38.7 Å². The third kappa shape index (κ3) is 3.54. The highest BCUT2D eigenvalue weighted by molar-refractivity contribution is 9.10. The van der Waals surface area contributed by atoms with E-state index in [1.54, 1.807) is 0 Å². The van der Waals surface area contributed by atoms with Crippen LogP contribution in [-0.4, -0.2) is 12.9 Å². The maximum Gasteiger partial charge on any atom is 0.158 e. The number of hydrogen-bond donors (Lipinski definition) is 0. The normalized spacial score (nSPS) is 21.5. The second-order valence-electron chi connectivity index (χ2n) is 4.93. The van der Waals surface area contributed by atoms with Crippen LogP contribution in [0.15, 0.2) is 28.7 Å². The fourth-order valence-electron chi connectivity index (χ4n) is 2.06. The number of benzene rings is 1. The molecular weight excluding hydrogens is 280 g/mol. The molecular formula is C14H19BrO2. The monoisotopic (exact) mass is 298 g/mol. The Morgan fingerprint density at radius 3 is 2.82 bits per heavy atom. The van der Waals surface area contributed by atoms with Crippen LogP contribution in [-0.2, 0) is 15.1 Å². The smallest absolute Gasteiger partial charge is 0.158 e. The molecule has 1 heterocycles. The van der Waals surface area contributed by atoms with Gasteiger partial charge in [-0.1, -0.05) is 28.1 Å². The highest BCUT2D eigenvalue weighted by Gasteiger charge is 2.27. The van der Waals surface area contributed by atoms with Gasteiger partial charge in [0.2, 0.25) is 0 Å². The van der Waals surface area contributed by atoms with Crippen molar-refractivity contribution in [3.05, 3.63) is 34.3 Å². The molecule has 1 atom stereocenters. The molecule has 3 heteroatoms. The summed E-state index contributed by atoms with van der Waals surface area (Å²) in [6, 6.07) is 8.25. The molecule has 0 N–H and O–H groups in total. The average Bonchev–Trinajstić information content (AvgIpc) is 2.30. The van der Waals surface area contributed by atoms with Crippen LogP contribution in [0.3, 0.4) is 0 Å². The van der Waals surface area contributed by atoms with E-state index in [2.05, 4.69) is 41.9 Å². The summed E-state index contributed by atoms with van der Waals surface area (Å²) in [5, 5.41) is 0. The minimum Gasteiger partial charge on any atom is -0.353 e. The summed E-state index contributed by atoms with van der Waals surface area (Å²) in [5.41, 5.74) is 0.854. The quantitative estimate of drug-likeness (QED) is 0.831. The van der Waals surface area contributed by atoms with Crippen molar-refractivity contribution in [1.29, 1.82) is 0 Å². The molecule has 0 spiro atoms. The van der Waals surface area contributed by atoms with Gasteiger partial charge in [0.15, 0.2) is 6.29 Å². The van der Waals surface area contributed by atoms with E-state index in [0.717, 1.165) is 23.9 Å². The third-order valence-corrected chi connectivity index (χ3v) is 3.58. The summed E-state index contributed by atoms with van der Waals surface area (Å²) >= 11 is 3.49. The first-order chi connectivity index (χ1) is 8.08. The summed E-state index contributed by atoms with van der Waals surface area (Å²) in [6.07, 6.45) is 3.28. The Morgan fingerprint density at radius 2 is 2.18 bits per heavy atom. The van der Waals surface area contributed by atoms with Gasteiger partial charge in [-0.05, 0) is 50.8 Å². The van der Waals surface area contributed by atoms with Crippen LogP contribution in [0.2, 0.25) is 0 Å². The Kier molecular flexibility index (Phi) is 4.23. The molecule has 1 aliphatic heterocycles. The van der Waals surface area contributed by atoms with Crippen molar-refractivity contribution in [2.24, 2.45) is 0 Å². The molecule has 1 aromatic carbocycles. The second-order valence-corrected chi connectivity index (χ2v) is 5.85. The Hall–Kier alpha value is -0.380. The molecule has 0 aliphatic carbocycles. The predicted octanol–water partition coefficient (Wildman–Crippen LogP) is 4.23. The van der Waals surface area contributed by atoms with E-state index in [0.29, 0.717) is 0 Å². The first kappa shape index (κ1) is 13.1. The van der Waals surface area contributed by atoms with Gasteiger partial charge < -0.3 is 9.47 Å². The number of ether oxygens (including phenoxy) is 2. The average molecular weight is 299 g/mol. The van der Waals surface area contributed by atoms with E-state index < -0.39 is 0 Å². The van der Waals surface area contributed by atoms with Gasteiger partial charge >= 0.3 is 0 Å². The molecule has 1 fully saturated rings. The lowest BCUT2D eigenvalue weighted by atomic mass is 9.98. The molecule has 2 nitrogen and oxygen atoms in total. The predicted molar refractivity (Wildman–Crippen MR) is 71.8 cm³/mol. The van der Waals surface area contributed by atoms with E-state index >= 15 is 0 Å². The maximum absolute atomic E-state index is 6.08. The Labute approximate surface area is 111 Å². The minimum absolute atomic E-state index is 0.0577. The van der Waals surface area contributed by atoms with E-state index in [1.807, 2.05) is 12.1 Å². The standard InChI is InChI=1S/C14H19BrO2/c1-14(2,11-6-5-7-12(15)10-11)17-13-8-3-4-9-16-13/h5-7,10,13H,3-4,8-9H2,1-2H3. The fraction of sp³-hybridized carbons (Fsp3) is 0.571. The molecule has 1 unspecified atom stereocenters. The van der Waals surface area contributed by atoms with Crippen LogP contribution < -0.4 is 0 Å². The summed E-state index contributed by atoms with van der Waals surface area (Å²) in [5.74, 6) is 0. The van der Waals surface area contributed by atoms with Gasteiger partial charge in [0, 0.05) is 11.1 Å². The number of rotatable bonds is 3. The Balaban J connectivity index is 2.06. The summed E-state index contributed by atoms with van der Waals surface area (Å²) in [7, 11) is 0. The molecule has 1 aromatic rings. The van der Waals surface area contributed by atoms with Crippen LogP contribution in [0, 0.1) is 0 Å². The Bertz CT molecular complexity index is 370. The summed E-state index contributed by atoms with van der Waals surface area (Å²) in [6.45, 7) is 5.00. The van der Waals surface area contributed by atoms with Crippen molar-refractivity contribution in [3.8, 4) is 0 Å². The highest BCUT2D eigenvalue weighted by atomic mass is 79.9. The van der Waals surface area contributed by atoms with E-state index in [-0.39, 0.29) is 11.9 Å². The number of hydrogen-bond acceptors (Lipinski definition) is 2. The molecule has 94 valence electrons. The van der Waals surface area contributed by atoms with Gasteiger partial charge in [-0.3, -0.25) is 0 Å². The van der Waals surface area contributed by atoms with Crippen molar-refractivity contribution >= 4 is 15.9 Å².